The highest BCUT2D eigenvalue weighted by atomic mass is 35.5. The Hall–Kier alpha value is -1.05. The highest BCUT2D eigenvalue weighted by Gasteiger charge is 2.28. The minimum Gasteiger partial charge on any atom is -0.468 e. The molecular weight excluding hydrogens is 383 g/mol. The summed E-state index contributed by atoms with van der Waals surface area (Å²) >= 11 is 12.1. The molecule has 1 saturated heterocycles. The second-order valence-corrected chi connectivity index (χ2v) is 8.55. The molecule has 0 saturated carbocycles. The fraction of sp³-hybridized carbons (Fsp3) is 0.412. The number of sulfonamides is 1. The molecular formula is C17H20Cl2N2O3S. The molecule has 0 spiro atoms. The smallest absolute Gasteiger partial charge is 0.243 e. The molecule has 1 N–H and O–H groups in total. The quantitative estimate of drug-likeness (QED) is 0.789. The molecule has 1 unspecified atom stereocenters. The maximum Gasteiger partial charge on any atom is 0.243 e. The highest BCUT2D eigenvalue weighted by Crippen LogP contribution is 2.30. The van der Waals surface area contributed by atoms with E-state index in [2.05, 4.69) is 9.62 Å². The van der Waals surface area contributed by atoms with Crippen LogP contribution in [0.2, 0.25) is 10.0 Å². The molecule has 1 aliphatic heterocycles. The van der Waals surface area contributed by atoms with Crippen molar-refractivity contribution in [1.29, 1.82) is 0 Å². The Morgan fingerprint density at radius 2 is 1.76 bits per heavy atom. The van der Waals surface area contributed by atoms with E-state index in [-0.39, 0.29) is 27.5 Å². The molecule has 1 aromatic carbocycles. The minimum absolute atomic E-state index is 0.0878. The summed E-state index contributed by atoms with van der Waals surface area (Å²) in [5.74, 6) is 0.745. The van der Waals surface area contributed by atoms with E-state index in [4.69, 9.17) is 27.6 Å². The lowest BCUT2D eigenvalue weighted by molar-refractivity contribution is 0.147. The molecule has 8 heteroatoms. The lowest BCUT2D eigenvalue weighted by Gasteiger charge is -2.33. The molecule has 2 aromatic rings. The van der Waals surface area contributed by atoms with Crippen LogP contribution in [0.25, 0.3) is 0 Å². The summed E-state index contributed by atoms with van der Waals surface area (Å²) < 4.78 is 33.6. The maximum absolute atomic E-state index is 12.7. The number of likely N-dealkylation sites (tertiary alicyclic amines) is 1. The van der Waals surface area contributed by atoms with Gasteiger partial charge in [-0.15, -0.1) is 0 Å². The Bertz CT molecular complexity index is 783. The van der Waals surface area contributed by atoms with Crippen molar-refractivity contribution in [2.75, 3.05) is 19.6 Å². The van der Waals surface area contributed by atoms with Gasteiger partial charge in [-0.25, -0.2) is 13.1 Å². The van der Waals surface area contributed by atoms with Crippen molar-refractivity contribution in [3.8, 4) is 0 Å². The van der Waals surface area contributed by atoms with Gasteiger partial charge in [0.25, 0.3) is 0 Å². The Balaban J connectivity index is 1.81. The van der Waals surface area contributed by atoms with Crippen LogP contribution in [0.5, 0.6) is 0 Å². The van der Waals surface area contributed by atoms with E-state index in [9.17, 15) is 8.42 Å². The van der Waals surface area contributed by atoms with E-state index >= 15 is 0 Å². The van der Waals surface area contributed by atoms with Crippen LogP contribution in [0.1, 0.15) is 31.1 Å². The lowest BCUT2D eigenvalue weighted by atomic mass is 10.1. The number of nitrogens with zero attached hydrogens (tertiary/aromatic N) is 1. The molecule has 3 rings (SSSR count). The van der Waals surface area contributed by atoms with Crippen molar-refractivity contribution in [3.63, 3.8) is 0 Å². The van der Waals surface area contributed by atoms with Crippen molar-refractivity contribution in [3.05, 3.63) is 52.4 Å². The summed E-state index contributed by atoms with van der Waals surface area (Å²) in [5, 5.41) is 0.208. The van der Waals surface area contributed by atoms with Gasteiger partial charge in [0.15, 0.2) is 0 Å². The topological polar surface area (TPSA) is 62.6 Å². The third-order valence-corrected chi connectivity index (χ3v) is 6.74. The average molecular weight is 403 g/mol. The Labute approximate surface area is 158 Å². The summed E-state index contributed by atoms with van der Waals surface area (Å²) in [7, 11) is -3.83. The molecule has 5 nitrogen and oxygen atoms in total. The Kier molecular flexibility index (Phi) is 6.07. The summed E-state index contributed by atoms with van der Waals surface area (Å²) in [6.07, 6.45) is 4.99. The summed E-state index contributed by atoms with van der Waals surface area (Å²) in [6.45, 7) is 2.03. The summed E-state index contributed by atoms with van der Waals surface area (Å²) in [6, 6.07) is 8.16. The van der Waals surface area contributed by atoms with Gasteiger partial charge in [0.2, 0.25) is 10.0 Å². The SMILES string of the molecule is O=S(=O)(NCC(c1ccco1)N1CCCCC1)c1c(Cl)cccc1Cl. The second kappa shape index (κ2) is 8.10. The van der Waals surface area contributed by atoms with Crippen LogP contribution in [-0.2, 0) is 10.0 Å². The van der Waals surface area contributed by atoms with Gasteiger partial charge in [0.05, 0.1) is 22.4 Å². The zero-order valence-corrected chi connectivity index (χ0v) is 15.9. The standard InChI is InChI=1S/C17H20Cl2N2O3S/c18-13-6-4-7-14(19)17(13)25(22,23)20-12-15(16-8-5-11-24-16)21-9-2-1-3-10-21/h4-8,11,15,20H,1-3,9-10,12H2. The molecule has 0 aliphatic carbocycles. The van der Waals surface area contributed by atoms with Crippen molar-refractivity contribution < 1.29 is 12.8 Å². The largest absolute Gasteiger partial charge is 0.468 e. The third kappa shape index (κ3) is 4.38. The second-order valence-electron chi connectivity index (χ2n) is 6.03. The minimum atomic E-state index is -3.83. The zero-order valence-electron chi connectivity index (χ0n) is 13.6. The van der Waals surface area contributed by atoms with E-state index in [1.165, 1.54) is 18.6 Å². The Morgan fingerprint density at radius 3 is 2.36 bits per heavy atom. The van der Waals surface area contributed by atoms with Gasteiger partial charge in [-0.2, -0.15) is 0 Å². The van der Waals surface area contributed by atoms with Crippen LogP contribution < -0.4 is 4.72 Å². The van der Waals surface area contributed by atoms with Crippen molar-refractivity contribution in [2.24, 2.45) is 0 Å². The predicted octanol–water partition coefficient (Wildman–Crippen LogP) is 4.09. The Morgan fingerprint density at radius 1 is 1.08 bits per heavy atom. The van der Waals surface area contributed by atoms with E-state index in [0.29, 0.717) is 0 Å². The number of halogens is 2. The van der Waals surface area contributed by atoms with Gasteiger partial charge in [-0.3, -0.25) is 4.90 Å². The molecule has 136 valence electrons. The zero-order chi connectivity index (χ0) is 17.9. The number of hydrogen-bond donors (Lipinski definition) is 1. The van der Waals surface area contributed by atoms with E-state index in [0.717, 1.165) is 31.7 Å². The molecule has 1 atom stereocenters. The van der Waals surface area contributed by atoms with Crippen molar-refractivity contribution in [1.82, 2.24) is 9.62 Å². The van der Waals surface area contributed by atoms with Gasteiger partial charge < -0.3 is 4.42 Å². The van der Waals surface area contributed by atoms with Crippen LogP contribution in [0.4, 0.5) is 0 Å². The molecule has 2 heterocycles. The maximum atomic E-state index is 12.7. The van der Waals surface area contributed by atoms with Crippen LogP contribution in [0.15, 0.2) is 45.9 Å². The van der Waals surface area contributed by atoms with E-state index in [1.54, 1.807) is 12.3 Å². The molecule has 0 bridgehead atoms. The molecule has 0 radical (unpaired) electrons. The lowest BCUT2D eigenvalue weighted by Crippen LogP contribution is -2.40. The van der Waals surface area contributed by atoms with Crippen LogP contribution >= 0.6 is 23.2 Å². The molecule has 1 aliphatic rings. The first-order valence-electron chi connectivity index (χ1n) is 8.20. The summed E-state index contributed by atoms with van der Waals surface area (Å²) in [5.41, 5.74) is 0. The highest BCUT2D eigenvalue weighted by molar-refractivity contribution is 7.89. The van der Waals surface area contributed by atoms with Gasteiger partial charge in [-0.1, -0.05) is 35.7 Å². The van der Waals surface area contributed by atoms with E-state index in [1.807, 2.05) is 12.1 Å². The fourth-order valence-corrected chi connectivity index (χ4v) is 5.30. The summed E-state index contributed by atoms with van der Waals surface area (Å²) in [4.78, 5) is 2.16. The average Bonchev–Trinajstić information content (AvgIpc) is 3.10. The molecule has 1 fully saturated rings. The fourth-order valence-electron chi connectivity index (χ4n) is 3.12. The van der Waals surface area contributed by atoms with Gasteiger partial charge in [0, 0.05) is 6.54 Å². The van der Waals surface area contributed by atoms with Crippen LogP contribution in [-0.4, -0.2) is 33.0 Å². The third-order valence-electron chi connectivity index (χ3n) is 4.36. The van der Waals surface area contributed by atoms with Gasteiger partial charge >= 0.3 is 0 Å². The monoisotopic (exact) mass is 402 g/mol. The number of rotatable bonds is 6. The van der Waals surface area contributed by atoms with Crippen molar-refractivity contribution in [2.45, 2.75) is 30.2 Å². The van der Waals surface area contributed by atoms with E-state index < -0.39 is 10.0 Å². The van der Waals surface area contributed by atoms with Crippen LogP contribution in [0, 0.1) is 0 Å². The number of piperidine rings is 1. The first-order chi connectivity index (χ1) is 12.0. The normalized spacial score (nSPS) is 17.5. The number of benzene rings is 1. The van der Waals surface area contributed by atoms with Crippen molar-refractivity contribution >= 4 is 33.2 Å². The number of hydrogen-bond acceptors (Lipinski definition) is 4. The number of furan rings is 1. The first kappa shape index (κ1) is 18.7. The molecule has 1 aromatic heterocycles. The first-order valence-corrected chi connectivity index (χ1v) is 10.4. The van der Waals surface area contributed by atoms with Crippen LogP contribution in [0.3, 0.4) is 0 Å². The van der Waals surface area contributed by atoms with Gasteiger partial charge in [0.1, 0.15) is 10.7 Å². The number of nitrogens with one attached hydrogen (secondary N) is 1. The predicted molar refractivity (Wildman–Crippen MR) is 98.5 cm³/mol. The molecule has 25 heavy (non-hydrogen) atoms. The molecule has 0 amide bonds. The van der Waals surface area contributed by atoms with Gasteiger partial charge in [-0.05, 0) is 50.2 Å².